The third kappa shape index (κ3) is 2.95. The summed E-state index contributed by atoms with van der Waals surface area (Å²) < 4.78 is 0. The fourth-order valence-electron chi connectivity index (χ4n) is 1.18. The number of aryl methyl sites for hydroxylation is 1. The van der Waals surface area contributed by atoms with E-state index in [-0.39, 0.29) is 0 Å². The van der Waals surface area contributed by atoms with E-state index in [1.165, 1.54) is 5.56 Å². The summed E-state index contributed by atoms with van der Waals surface area (Å²) in [4.78, 5) is 0. The summed E-state index contributed by atoms with van der Waals surface area (Å²) in [5, 5.41) is 9.16. The third-order valence-corrected chi connectivity index (χ3v) is 1.84. The van der Waals surface area contributed by atoms with Crippen LogP contribution in [0.1, 0.15) is 25.3 Å². The molecule has 0 atom stereocenters. The molecule has 0 spiro atoms. The first-order valence-corrected chi connectivity index (χ1v) is 4.42. The number of hydrogen-bond donors (Lipinski definition) is 1. The van der Waals surface area contributed by atoms with Gasteiger partial charge in [-0.15, -0.1) is 0 Å². The molecule has 0 aliphatic rings. The molecule has 0 amide bonds. The minimum absolute atomic E-state index is 0.365. The van der Waals surface area contributed by atoms with Gasteiger partial charge in [-0.05, 0) is 37.0 Å². The number of phenolic OH excluding ortho intramolecular Hbond substituents is 1. The first-order valence-electron chi connectivity index (χ1n) is 4.42. The molecule has 65 valence electrons. The number of benzene rings is 1. The average Bonchev–Trinajstić information content (AvgIpc) is 2.05. The number of unbranched alkanes of at least 4 members (excludes halogenated alkanes) is 2. The summed E-state index contributed by atoms with van der Waals surface area (Å²) >= 11 is 0. The molecule has 1 nitrogen and oxygen atoms in total. The number of aromatic hydroxyl groups is 1. The van der Waals surface area contributed by atoms with Crippen molar-refractivity contribution in [3.05, 3.63) is 36.2 Å². The Morgan fingerprint density at radius 3 is 2.92 bits per heavy atom. The van der Waals surface area contributed by atoms with Gasteiger partial charge >= 0.3 is 0 Å². The molecule has 1 heteroatoms. The van der Waals surface area contributed by atoms with Crippen LogP contribution in [-0.2, 0) is 6.42 Å². The van der Waals surface area contributed by atoms with Crippen LogP contribution in [0.3, 0.4) is 0 Å². The van der Waals surface area contributed by atoms with E-state index in [4.69, 9.17) is 5.11 Å². The summed E-state index contributed by atoms with van der Waals surface area (Å²) in [5.41, 5.74) is 1.21. The smallest absolute Gasteiger partial charge is 0.115 e. The zero-order valence-electron chi connectivity index (χ0n) is 7.46. The van der Waals surface area contributed by atoms with Crippen LogP contribution >= 0.6 is 0 Å². The molecule has 0 saturated heterocycles. The van der Waals surface area contributed by atoms with Crippen molar-refractivity contribution < 1.29 is 5.11 Å². The molecular formula is C11H15O. The number of phenols is 1. The summed E-state index contributed by atoms with van der Waals surface area (Å²) in [5.74, 6) is 0.365. The lowest BCUT2D eigenvalue weighted by atomic mass is 10.1. The molecular weight excluding hydrogens is 148 g/mol. The second-order valence-electron chi connectivity index (χ2n) is 2.91. The van der Waals surface area contributed by atoms with Gasteiger partial charge < -0.3 is 5.11 Å². The van der Waals surface area contributed by atoms with Crippen molar-refractivity contribution in [2.45, 2.75) is 26.2 Å². The molecule has 12 heavy (non-hydrogen) atoms. The molecule has 0 fully saturated rings. The third-order valence-electron chi connectivity index (χ3n) is 1.84. The Labute approximate surface area is 74.1 Å². The van der Waals surface area contributed by atoms with Gasteiger partial charge in [0.05, 0.1) is 0 Å². The first kappa shape index (κ1) is 9.11. The summed E-state index contributed by atoms with van der Waals surface area (Å²) in [7, 11) is 0. The van der Waals surface area contributed by atoms with Crippen molar-refractivity contribution in [1.82, 2.24) is 0 Å². The molecule has 1 radical (unpaired) electrons. The molecule has 1 aromatic rings. The van der Waals surface area contributed by atoms with E-state index in [0.717, 1.165) is 19.3 Å². The summed E-state index contributed by atoms with van der Waals surface area (Å²) in [6, 6.07) is 7.45. The molecule has 1 N–H and O–H groups in total. The number of rotatable bonds is 4. The van der Waals surface area contributed by atoms with Gasteiger partial charge in [0, 0.05) is 0 Å². The predicted molar refractivity (Wildman–Crippen MR) is 51.0 cm³/mol. The monoisotopic (exact) mass is 163 g/mol. The van der Waals surface area contributed by atoms with Gasteiger partial charge in [0.25, 0.3) is 0 Å². The van der Waals surface area contributed by atoms with Crippen molar-refractivity contribution in [1.29, 1.82) is 0 Å². The van der Waals surface area contributed by atoms with E-state index >= 15 is 0 Å². The first-order chi connectivity index (χ1) is 5.83. The topological polar surface area (TPSA) is 20.2 Å². The van der Waals surface area contributed by atoms with Gasteiger partial charge in [0.2, 0.25) is 0 Å². The Bertz CT molecular complexity index is 230. The van der Waals surface area contributed by atoms with Gasteiger partial charge in [0.1, 0.15) is 5.75 Å². The highest BCUT2D eigenvalue weighted by Gasteiger charge is 1.93. The summed E-state index contributed by atoms with van der Waals surface area (Å²) in [6.45, 7) is 2.14. The van der Waals surface area contributed by atoms with Crippen molar-refractivity contribution >= 4 is 0 Å². The van der Waals surface area contributed by atoms with Gasteiger partial charge in [-0.3, -0.25) is 0 Å². The van der Waals surface area contributed by atoms with Crippen LogP contribution in [0.25, 0.3) is 0 Å². The van der Waals surface area contributed by atoms with Gasteiger partial charge in [-0.1, -0.05) is 25.5 Å². The van der Waals surface area contributed by atoms with E-state index in [0.29, 0.717) is 5.75 Å². The van der Waals surface area contributed by atoms with Crippen LogP contribution in [0.5, 0.6) is 5.75 Å². The van der Waals surface area contributed by atoms with Crippen LogP contribution in [0, 0.1) is 6.42 Å². The molecule has 0 heterocycles. The fourth-order valence-corrected chi connectivity index (χ4v) is 1.18. The average molecular weight is 163 g/mol. The number of hydrogen-bond acceptors (Lipinski definition) is 1. The predicted octanol–water partition coefficient (Wildman–Crippen LogP) is 2.94. The lowest BCUT2D eigenvalue weighted by Crippen LogP contribution is -1.84. The standard InChI is InChI=1S/C11H15O/c1-2-3-4-6-10-7-5-8-11(12)9-10/h3,5,7-9,12H,2,4,6H2,1H3. The molecule has 1 rings (SSSR count). The molecule has 0 aliphatic carbocycles. The Balaban J connectivity index is 2.41. The zero-order valence-corrected chi connectivity index (χ0v) is 7.46. The highest BCUT2D eigenvalue weighted by Crippen LogP contribution is 2.13. The molecule has 0 aliphatic heterocycles. The Kier molecular flexibility index (Phi) is 3.65. The van der Waals surface area contributed by atoms with E-state index in [1.807, 2.05) is 18.2 Å². The zero-order chi connectivity index (χ0) is 8.81. The quantitative estimate of drug-likeness (QED) is 0.676. The minimum Gasteiger partial charge on any atom is -0.508 e. The van der Waals surface area contributed by atoms with E-state index in [9.17, 15) is 0 Å². The second-order valence-corrected chi connectivity index (χ2v) is 2.91. The van der Waals surface area contributed by atoms with Crippen LogP contribution in [0.15, 0.2) is 24.3 Å². The van der Waals surface area contributed by atoms with Crippen LogP contribution in [0.2, 0.25) is 0 Å². The Morgan fingerprint density at radius 2 is 2.25 bits per heavy atom. The van der Waals surface area contributed by atoms with E-state index in [1.54, 1.807) is 6.07 Å². The molecule has 0 aromatic heterocycles. The van der Waals surface area contributed by atoms with E-state index < -0.39 is 0 Å². The van der Waals surface area contributed by atoms with Gasteiger partial charge in [-0.25, -0.2) is 0 Å². The largest absolute Gasteiger partial charge is 0.508 e. The summed E-state index contributed by atoms with van der Waals surface area (Å²) in [6.07, 6.45) is 5.51. The lowest BCUT2D eigenvalue weighted by Gasteiger charge is -2.00. The SMILES string of the molecule is CC[CH]CCc1cccc(O)c1. The lowest BCUT2D eigenvalue weighted by molar-refractivity contribution is 0.474. The minimum atomic E-state index is 0.365. The van der Waals surface area contributed by atoms with Crippen LogP contribution in [0.4, 0.5) is 0 Å². The second kappa shape index (κ2) is 4.81. The maximum Gasteiger partial charge on any atom is 0.115 e. The highest BCUT2D eigenvalue weighted by atomic mass is 16.3. The molecule has 1 aromatic carbocycles. The van der Waals surface area contributed by atoms with E-state index in [2.05, 4.69) is 13.3 Å². The van der Waals surface area contributed by atoms with Crippen molar-refractivity contribution in [2.75, 3.05) is 0 Å². The van der Waals surface area contributed by atoms with Crippen molar-refractivity contribution in [2.24, 2.45) is 0 Å². The Hall–Kier alpha value is -0.980. The van der Waals surface area contributed by atoms with Gasteiger partial charge in [-0.2, -0.15) is 0 Å². The normalized spacial score (nSPS) is 10.1. The fraction of sp³-hybridized carbons (Fsp3) is 0.364. The molecule has 0 unspecified atom stereocenters. The van der Waals surface area contributed by atoms with Crippen LogP contribution < -0.4 is 0 Å². The maximum absolute atomic E-state index is 9.16. The van der Waals surface area contributed by atoms with Crippen LogP contribution in [-0.4, -0.2) is 5.11 Å². The van der Waals surface area contributed by atoms with Crippen molar-refractivity contribution in [3.8, 4) is 5.75 Å². The van der Waals surface area contributed by atoms with Gasteiger partial charge in [0.15, 0.2) is 0 Å². The highest BCUT2D eigenvalue weighted by molar-refractivity contribution is 5.27. The van der Waals surface area contributed by atoms with Crippen molar-refractivity contribution in [3.63, 3.8) is 0 Å². The maximum atomic E-state index is 9.16. The molecule has 0 saturated carbocycles. The molecule has 0 bridgehead atoms. The Morgan fingerprint density at radius 1 is 1.42 bits per heavy atom.